The lowest BCUT2D eigenvalue weighted by molar-refractivity contribution is -0.00174. The van der Waals surface area contributed by atoms with Gasteiger partial charge in [-0.1, -0.05) is 12.1 Å². The standard InChI is InChI=1S/C11H14O3/c1-14-9-4-2-8(3-5-9)10(12)11(13)6-7-11/h2-5,10,12-13H,6-7H2,1H3/t10-/m1/s1. The van der Waals surface area contributed by atoms with Crippen LogP contribution in [0.2, 0.25) is 0 Å². The van der Waals surface area contributed by atoms with Crippen LogP contribution in [-0.4, -0.2) is 22.9 Å². The number of rotatable bonds is 3. The molecule has 3 nitrogen and oxygen atoms in total. The molecule has 0 saturated heterocycles. The second-order valence-corrected chi connectivity index (χ2v) is 3.78. The fourth-order valence-electron chi connectivity index (χ4n) is 1.50. The molecule has 0 spiro atoms. The van der Waals surface area contributed by atoms with Crippen LogP contribution in [0.3, 0.4) is 0 Å². The second kappa shape index (κ2) is 3.26. The van der Waals surface area contributed by atoms with Crippen LogP contribution in [0.1, 0.15) is 24.5 Å². The maximum Gasteiger partial charge on any atom is 0.118 e. The molecule has 0 heterocycles. The zero-order chi connectivity index (χ0) is 10.2. The number of aliphatic hydroxyl groups is 2. The van der Waals surface area contributed by atoms with Crippen molar-refractivity contribution in [1.29, 1.82) is 0 Å². The minimum absolute atomic E-state index is 0.681. The summed E-state index contributed by atoms with van der Waals surface area (Å²) < 4.78 is 5.01. The highest BCUT2D eigenvalue weighted by Gasteiger charge is 2.47. The van der Waals surface area contributed by atoms with Crippen LogP contribution in [0.4, 0.5) is 0 Å². The number of aliphatic hydroxyl groups excluding tert-OH is 1. The van der Waals surface area contributed by atoms with Gasteiger partial charge in [0.1, 0.15) is 11.9 Å². The molecule has 0 radical (unpaired) electrons. The molecule has 1 aromatic carbocycles. The van der Waals surface area contributed by atoms with Crippen LogP contribution in [0.5, 0.6) is 5.75 Å². The monoisotopic (exact) mass is 194 g/mol. The first-order chi connectivity index (χ1) is 6.65. The zero-order valence-electron chi connectivity index (χ0n) is 8.10. The number of hydrogen-bond donors (Lipinski definition) is 2. The van der Waals surface area contributed by atoms with Gasteiger partial charge in [0.25, 0.3) is 0 Å². The Hall–Kier alpha value is -1.06. The summed E-state index contributed by atoms with van der Waals surface area (Å²) in [5, 5.41) is 19.5. The molecule has 2 N–H and O–H groups in total. The molecule has 1 aliphatic rings. The van der Waals surface area contributed by atoms with Gasteiger partial charge in [0.15, 0.2) is 0 Å². The summed E-state index contributed by atoms with van der Waals surface area (Å²) in [7, 11) is 1.60. The summed E-state index contributed by atoms with van der Waals surface area (Å²) in [6, 6.07) is 7.12. The minimum Gasteiger partial charge on any atom is -0.497 e. The Labute approximate surface area is 83.0 Å². The lowest BCUT2D eigenvalue weighted by atomic mass is 10.0. The molecule has 0 aliphatic heterocycles. The molecule has 0 aromatic heterocycles. The topological polar surface area (TPSA) is 49.7 Å². The molecule has 1 atom stereocenters. The highest BCUT2D eigenvalue weighted by Crippen LogP contribution is 2.45. The van der Waals surface area contributed by atoms with Crippen LogP contribution in [-0.2, 0) is 0 Å². The molecule has 0 bridgehead atoms. The van der Waals surface area contributed by atoms with Crippen molar-refractivity contribution in [2.45, 2.75) is 24.5 Å². The van der Waals surface area contributed by atoms with Crippen molar-refractivity contribution in [2.24, 2.45) is 0 Å². The normalized spacial score (nSPS) is 20.2. The van der Waals surface area contributed by atoms with E-state index in [2.05, 4.69) is 0 Å². The molecular formula is C11H14O3. The van der Waals surface area contributed by atoms with Crippen molar-refractivity contribution in [3.8, 4) is 5.75 Å². The Morgan fingerprint density at radius 3 is 2.29 bits per heavy atom. The molecule has 2 rings (SSSR count). The predicted octanol–water partition coefficient (Wildman–Crippen LogP) is 1.25. The average Bonchev–Trinajstić information content (AvgIpc) is 2.97. The van der Waals surface area contributed by atoms with Gasteiger partial charge in [0.05, 0.1) is 12.7 Å². The smallest absolute Gasteiger partial charge is 0.118 e. The quantitative estimate of drug-likeness (QED) is 0.761. The summed E-state index contributed by atoms with van der Waals surface area (Å²) in [6.07, 6.45) is 0.592. The largest absolute Gasteiger partial charge is 0.497 e. The summed E-state index contributed by atoms with van der Waals surface area (Å²) in [5.74, 6) is 0.753. The highest BCUT2D eigenvalue weighted by atomic mass is 16.5. The fraction of sp³-hybridized carbons (Fsp3) is 0.455. The third-order valence-electron chi connectivity index (χ3n) is 2.70. The number of hydrogen-bond acceptors (Lipinski definition) is 3. The Morgan fingerprint density at radius 2 is 1.86 bits per heavy atom. The molecule has 14 heavy (non-hydrogen) atoms. The van der Waals surface area contributed by atoms with E-state index in [0.29, 0.717) is 12.8 Å². The molecule has 3 heteroatoms. The van der Waals surface area contributed by atoms with E-state index in [9.17, 15) is 10.2 Å². The van der Waals surface area contributed by atoms with Crippen molar-refractivity contribution in [1.82, 2.24) is 0 Å². The number of methoxy groups -OCH3 is 1. The van der Waals surface area contributed by atoms with Crippen molar-refractivity contribution in [3.63, 3.8) is 0 Å². The number of ether oxygens (including phenoxy) is 1. The first-order valence-electron chi connectivity index (χ1n) is 4.70. The Balaban J connectivity index is 2.16. The van der Waals surface area contributed by atoms with Gasteiger partial charge in [-0.3, -0.25) is 0 Å². The Morgan fingerprint density at radius 1 is 1.29 bits per heavy atom. The predicted molar refractivity (Wildman–Crippen MR) is 52.1 cm³/mol. The van der Waals surface area contributed by atoms with Crippen LogP contribution < -0.4 is 4.74 Å². The van der Waals surface area contributed by atoms with E-state index in [-0.39, 0.29) is 0 Å². The molecule has 1 aromatic rings. The van der Waals surface area contributed by atoms with E-state index >= 15 is 0 Å². The Bertz CT molecular complexity index is 314. The molecular weight excluding hydrogens is 180 g/mol. The van der Waals surface area contributed by atoms with Gasteiger partial charge in [-0.05, 0) is 30.5 Å². The third kappa shape index (κ3) is 1.61. The highest BCUT2D eigenvalue weighted by molar-refractivity contribution is 5.30. The molecule has 0 amide bonds. The molecule has 1 saturated carbocycles. The van der Waals surface area contributed by atoms with Gasteiger partial charge in [0.2, 0.25) is 0 Å². The maximum atomic E-state index is 9.79. The van der Waals surface area contributed by atoms with Crippen LogP contribution in [0, 0.1) is 0 Å². The van der Waals surface area contributed by atoms with E-state index in [1.54, 1.807) is 31.4 Å². The summed E-state index contributed by atoms with van der Waals surface area (Å²) in [4.78, 5) is 0. The lowest BCUT2D eigenvalue weighted by Crippen LogP contribution is -2.19. The Kier molecular flexibility index (Phi) is 2.21. The maximum absolute atomic E-state index is 9.79. The number of benzene rings is 1. The van der Waals surface area contributed by atoms with E-state index in [1.807, 2.05) is 0 Å². The molecule has 1 fully saturated rings. The van der Waals surface area contributed by atoms with E-state index in [0.717, 1.165) is 11.3 Å². The summed E-state index contributed by atoms with van der Waals surface area (Å²) >= 11 is 0. The fourth-order valence-corrected chi connectivity index (χ4v) is 1.50. The van der Waals surface area contributed by atoms with Crippen molar-refractivity contribution < 1.29 is 14.9 Å². The molecule has 76 valence electrons. The van der Waals surface area contributed by atoms with Crippen LogP contribution in [0.15, 0.2) is 24.3 Å². The van der Waals surface area contributed by atoms with Crippen LogP contribution in [0.25, 0.3) is 0 Å². The molecule has 1 aliphatic carbocycles. The second-order valence-electron chi connectivity index (χ2n) is 3.78. The third-order valence-corrected chi connectivity index (χ3v) is 2.70. The van der Waals surface area contributed by atoms with Gasteiger partial charge in [-0.15, -0.1) is 0 Å². The van der Waals surface area contributed by atoms with Gasteiger partial charge < -0.3 is 14.9 Å². The average molecular weight is 194 g/mol. The van der Waals surface area contributed by atoms with Crippen molar-refractivity contribution in [3.05, 3.63) is 29.8 Å². The first-order valence-corrected chi connectivity index (χ1v) is 4.70. The lowest BCUT2D eigenvalue weighted by Gasteiger charge is -2.16. The van der Waals surface area contributed by atoms with E-state index in [1.165, 1.54) is 0 Å². The zero-order valence-corrected chi connectivity index (χ0v) is 8.10. The van der Waals surface area contributed by atoms with Gasteiger partial charge in [-0.25, -0.2) is 0 Å². The van der Waals surface area contributed by atoms with E-state index in [4.69, 9.17) is 4.74 Å². The first kappa shape index (κ1) is 9.49. The van der Waals surface area contributed by atoms with Crippen molar-refractivity contribution in [2.75, 3.05) is 7.11 Å². The van der Waals surface area contributed by atoms with Crippen molar-refractivity contribution >= 4 is 0 Å². The SMILES string of the molecule is COc1ccc([C@@H](O)C2(O)CC2)cc1. The van der Waals surface area contributed by atoms with Gasteiger partial charge in [-0.2, -0.15) is 0 Å². The summed E-state index contributed by atoms with van der Waals surface area (Å²) in [6.45, 7) is 0. The summed E-state index contributed by atoms with van der Waals surface area (Å²) in [5.41, 5.74) is -0.139. The van der Waals surface area contributed by atoms with Gasteiger partial charge in [0, 0.05) is 0 Å². The van der Waals surface area contributed by atoms with E-state index < -0.39 is 11.7 Å². The minimum atomic E-state index is -0.880. The molecule has 0 unspecified atom stereocenters. The van der Waals surface area contributed by atoms with Crippen LogP contribution >= 0.6 is 0 Å². The van der Waals surface area contributed by atoms with Gasteiger partial charge >= 0.3 is 0 Å².